The molecule has 0 saturated heterocycles. The fourth-order valence-electron chi connectivity index (χ4n) is 1.26. The van der Waals surface area contributed by atoms with Crippen LogP contribution < -0.4 is 0 Å². The lowest BCUT2D eigenvalue weighted by Crippen LogP contribution is -1.84. The van der Waals surface area contributed by atoms with Gasteiger partial charge in [0.15, 0.2) is 0 Å². The molecule has 0 aliphatic rings. The second kappa shape index (κ2) is 6.59. The monoisotopic (exact) mass is 254 g/mol. The highest BCUT2D eigenvalue weighted by atomic mass is 19.3. The highest BCUT2D eigenvalue weighted by Gasteiger charge is 2.01. The van der Waals surface area contributed by atoms with Crippen LogP contribution in [0.15, 0.2) is 67.1 Å². The standard InChI is InChI=1S/C14H10F4/c1-2-12(15)8-11(6-7-14(17)18)10-4-3-5-13(16)9-10/h2-9H,1H2/b11-6-,12-8+. The van der Waals surface area contributed by atoms with Crippen LogP contribution in [-0.2, 0) is 0 Å². The van der Waals surface area contributed by atoms with E-state index in [1.807, 2.05) is 0 Å². The predicted molar refractivity (Wildman–Crippen MR) is 64.1 cm³/mol. The molecule has 18 heavy (non-hydrogen) atoms. The Hall–Kier alpha value is -2.10. The fourth-order valence-corrected chi connectivity index (χ4v) is 1.26. The first-order valence-corrected chi connectivity index (χ1v) is 5.01. The summed E-state index contributed by atoms with van der Waals surface area (Å²) in [5.41, 5.74) is 0.421. The van der Waals surface area contributed by atoms with Gasteiger partial charge in [-0.3, -0.25) is 0 Å². The number of hydrogen-bond acceptors (Lipinski definition) is 0. The van der Waals surface area contributed by atoms with Crippen molar-refractivity contribution < 1.29 is 17.6 Å². The van der Waals surface area contributed by atoms with Crippen LogP contribution in [0.5, 0.6) is 0 Å². The van der Waals surface area contributed by atoms with Crippen LogP contribution in [0.3, 0.4) is 0 Å². The molecule has 1 aromatic rings. The summed E-state index contributed by atoms with van der Waals surface area (Å²) in [4.78, 5) is 0. The molecule has 0 nitrogen and oxygen atoms in total. The van der Waals surface area contributed by atoms with Crippen LogP contribution in [0.2, 0.25) is 0 Å². The lowest BCUT2D eigenvalue weighted by Gasteiger charge is -2.02. The molecule has 1 rings (SSSR count). The van der Waals surface area contributed by atoms with Crippen molar-refractivity contribution in [1.82, 2.24) is 0 Å². The Labute approximate surface area is 102 Å². The Morgan fingerprint density at radius 3 is 2.39 bits per heavy atom. The van der Waals surface area contributed by atoms with Gasteiger partial charge in [0.1, 0.15) is 11.6 Å². The summed E-state index contributed by atoms with van der Waals surface area (Å²) >= 11 is 0. The van der Waals surface area contributed by atoms with Gasteiger partial charge in [0.25, 0.3) is 6.08 Å². The molecular formula is C14H10F4. The smallest absolute Gasteiger partial charge is 0.207 e. The number of benzene rings is 1. The van der Waals surface area contributed by atoms with Gasteiger partial charge in [-0.05, 0) is 41.5 Å². The van der Waals surface area contributed by atoms with Crippen molar-refractivity contribution in [2.45, 2.75) is 0 Å². The molecule has 0 spiro atoms. The molecule has 0 heterocycles. The van der Waals surface area contributed by atoms with E-state index >= 15 is 0 Å². The van der Waals surface area contributed by atoms with Gasteiger partial charge in [0, 0.05) is 6.08 Å². The van der Waals surface area contributed by atoms with Crippen molar-refractivity contribution in [2.24, 2.45) is 0 Å². The first kappa shape index (κ1) is 14.0. The zero-order valence-corrected chi connectivity index (χ0v) is 9.34. The fraction of sp³-hybridized carbons (Fsp3) is 0. The molecule has 0 atom stereocenters. The van der Waals surface area contributed by atoms with E-state index in [1.165, 1.54) is 18.2 Å². The minimum Gasteiger partial charge on any atom is -0.207 e. The molecular weight excluding hydrogens is 244 g/mol. The highest BCUT2D eigenvalue weighted by Crippen LogP contribution is 2.20. The summed E-state index contributed by atoms with van der Waals surface area (Å²) in [6.45, 7) is 3.21. The topological polar surface area (TPSA) is 0 Å². The van der Waals surface area contributed by atoms with E-state index in [4.69, 9.17) is 0 Å². The van der Waals surface area contributed by atoms with Gasteiger partial charge in [-0.1, -0.05) is 18.7 Å². The lowest BCUT2D eigenvalue weighted by molar-refractivity contribution is 0.422. The summed E-state index contributed by atoms with van der Waals surface area (Å²) in [7, 11) is 0. The third-order valence-electron chi connectivity index (χ3n) is 2.04. The average Bonchev–Trinajstić information content (AvgIpc) is 2.33. The van der Waals surface area contributed by atoms with E-state index in [0.717, 1.165) is 24.3 Å². The summed E-state index contributed by atoms with van der Waals surface area (Å²) in [5, 5.41) is 0. The molecule has 0 aliphatic carbocycles. The molecule has 0 N–H and O–H groups in total. The molecule has 0 radical (unpaired) electrons. The van der Waals surface area contributed by atoms with Crippen molar-refractivity contribution in [3.8, 4) is 0 Å². The normalized spacial score (nSPS) is 12.2. The second-order valence-electron chi connectivity index (χ2n) is 3.32. The Balaban J connectivity index is 3.25. The molecule has 0 unspecified atom stereocenters. The third kappa shape index (κ3) is 4.41. The quantitative estimate of drug-likeness (QED) is 0.522. The first-order chi connectivity index (χ1) is 8.52. The van der Waals surface area contributed by atoms with Gasteiger partial charge in [-0.15, -0.1) is 0 Å². The van der Waals surface area contributed by atoms with Crippen LogP contribution >= 0.6 is 0 Å². The van der Waals surface area contributed by atoms with E-state index in [1.54, 1.807) is 0 Å². The Bertz CT molecular complexity index is 520. The molecule has 0 saturated carbocycles. The summed E-state index contributed by atoms with van der Waals surface area (Å²) in [6.07, 6.45) is 1.54. The van der Waals surface area contributed by atoms with Gasteiger partial charge in [-0.2, -0.15) is 8.78 Å². The van der Waals surface area contributed by atoms with Crippen LogP contribution in [0, 0.1) is 5.82 Å². The number of halogens is 4. The molecule has 0 aliphatic heterocycles. The van der Waals surface area contributed by atoms with Gasteiger partial charge in [0.05, 0.1) is 0 Å². The first-order valence-electron chi connectivity index (χ1n) is 5.01. The zero-order chi connectivity index (χ0) is 13.5. The Morgan fingerprint density at radius 1 is 1.11 bits per heavy atom. The third-order valence-corrected chi connectivity index (χ3v) is 2.04. The van der Waals surface area contributed by atoms with Crippen molar-refractivity contribution in [1.29, 1.82) is 0 Å². The average molecular weight is 254 g/mol. The summed E-state index contributed by atoms with van der Waals surface area (Å²) in [6, 6.07) is 5.24. The number of allylic oxidation sites excluding steroid dienone is 6. The van der Waals surface area contributed by atoms with Gasteiger partial charge < -0.3 is 0 Å². The van der Waals surface area contributed by atoms with Crippen molar-refractivity contribution >= 4 is 5.57 Å². The maximum Gasteiger partial charge on any atom is 0.270 e. The van der Waals surface area contributed by atoms with E-state index in [2.05, 4.69) is 6.58 Å². The zero-order valence-electron chi connectivity index (χ0n) is 9.34. The van der Waals surface area contributed by atoms with Crippen LogP contribution in [0.25, 0.3) is 5.57 Å². The minimum absolute atomic E-state index is 0.125. The van der Waals surface area contributed by atoms with Gasteiger partial charge >= 0.3 is 0 Å². The molecule has 1 aromatic carbocycles. The van der Waals surface area contributed by atoms with E-state index in [0.29, 0.717) is 11.6 Å². The molecule has 0 aromatic heterocycles. The maximum atomic E-state index is 13.1. The SMILES string of the molecule is C=C/C(F)=C\C(=C\C=C(F)F)c1cccc(F)c1. The van der Waals surface area contributed by atoms with Crippen LogP contribution in [0.1, 0.15) is 5.56 Å². The Kier molecular flexibility index (Phi) is 5.11. The van der Waals surface area contributed by atoms with Crippen molar-refractivity contribution in [3.05, 3.63) is 78.4 Å². The van der Waals surface area contributed by atoms with Gasteiger partial charge in [0.2, 0.25) is 0 Å². The molecule has 4 heteroatoms. The largest absolute Gasteiger partial charge is 0.270 e. The summed E-state index contributed by atoms with van der Waals surface area (Å²) < 4.78 is 50.1. The molecule has 0 bridgehead atoms. The highest BCUT2D eigenvalue weighted by molar-refractivity contribution is 5.76. The maximum absolute atomic E-state index is 13.1. The minimum atomic E-state index is -1.92. The second-order valence-corrected chi connectivity index (χ2v) is 3.32. The Morgan fingerprint density at radius 2 is 1.83 bits per heavy atom. The molecule has 0 amide bonds. The van der Waals surface area contributed by atoms with E-state index in [-0.39, 0.29) is 5.57 Å². The van der Waals surface area contributed by atoms with E-state index in [9.17, 15) is 17.6 Å². The van der Waals surface area contributed by atoms with Crippen molar-refractivity contribution in [3.63, 3.8) is 0 Å². The van der Waals surface area contributed by atoms with E-state index < -0.39 is 17.7 Å². The van der Waals surface area contributed by atoms with Crippen LogP contribution in [-0.4, -0.2) is 0 Å². The van der Waals surface area contributed by atoms with Gasteiger partial charge in [-0.25, -0.2) is 8.78 Å². The molecule has 94 valence electrons. The predicted octanol–water partition coefficient (Wildman–Crippen LogP) is 5.03. The molecule has 0 fully saturated rings. The van der Waals surface area contributed by atoms with Crippen LogP contribution in [0.4, 0.5) is 17.6 Å². The number of rotatable bonds is 4. The number of hydrogen-bond donors (Lipinski definition) is 0. The lowest BCUT2D eigenvalue weighted by atomic mass is 10.0. The van der Waals surface area contributed by atoms with Crippen molar-refractivity contribution in [2.75, 3.05) is 0 Å². The summed E-state index contributed by atoms with van der Waals surface area (Å²) in [5.74, 6) is -1.23.